The number of rotatable bonds is 4. The second-order valence-electron chi connectivity index (χ2n) is 3.23. The van der Waals surface area contributed by atoms with Gasteiger partial charge in [-0.1, -0.05) is 0 Å². The first-order chi connectivity index (χ1) is 9.02. The number of sulfone groups is 1. The van der Waals surface area contributed by atoms with E-state index in [1.807, 2.05) is 0 Å². The maximum absolute atomic E-state index is 13.0. The van der Waals surface area contributed by atoms with Gasteiger partial charge < -0.3 is 0 Å². The van der Waals surface area contributed by atoms with E-state index >= 15 is 0 Å². The van der Waals surface area contributed by atoms with Crippen LogP contribution >= 0.6 is 0 Å². The Balaban J connectivity index is 6.42. The maximum atomic E-state index is 13.0. The molecule has 0 atom stereocenters. The quantitative estimate of drug-likeness (QED) is 0.481. The lowest BCUT2D eigenvalue weighted by Crippen LogP contribution is -2.63. The fourth-order valence-electron chi connectivity index (χ4n) is 0.813. The summed E-state index contributed by atoms with van der Waals surface area (Å²) in [5.74, 6) is -14.4. The molecule has 0 unspecified atom stereocenters. The van der Waals surface area contributed by atoms with Crippen molar-refractivity contribution in [3.05, 3.63) is 4.91 Å². The SMILES string of the molecule is N#CC(=C=N)S(=O)(=O)C(F)(F)C(F)(F)C(F)(F)C(F)(F)F. The standard InChI is InChI=1S/C7HF9N2O2S/c8-4(9,6(12,13)14)5(10,11)7(15,16)21(19,20)3(1-17)2-18/h17H. The molecule has 0 fully saturated rings. The van der Waals surface area contributed by atoms with Crippen LogP contribution in [0.15, 0.2) is 4.91 Å². The van der Waals surface area contributed by atoms with E-state index in [9.17, 15) is 47.9 Å². The lowest BCUT2D eigenvalue weighted by molar-refractivity contribution is -0.382. The molecule has 0 aromatic carbocycles. The summed E-state index contributed by atoms with van der Waals surface area (Å²) >= 11 is 0. The molecule has 0 rings (SSSR count). The summed E-state index contributed by atoms with van der Waals surface area (Å²) in [5.41, 5.74) is 0. The van der Waals surface area contributed by atoms with Crippen molar-refractivity contribution in [1.29, 1.82) is 10.7 Å². The number of nitriles is 1. The average molecular weight is 348 g/mol. The van der Waals surface area contributed by atoms with Gasteiger partial charge in [0.1, 0.15) is 6.07 Å². The molecular weight excluding hydrogens is 347 g/mol. The third-order valence-corrected chi connectivity index (χ3v) is 3.60. The molecular formula is C7HF9N2O2S. The first-order valence-corrected chi connectivity index (χ1v) is 5.65. The Kier molecular flexibility index (Phi) is 4.51. The van der Waals surface area contributed by atoms with Crippen LogP contribution in [0, 0.1) is 16.7 Å². The number of hydrogen-bond donors (Lipinski definition) is 1. The molecule has 0 heterocycles. The Morgan fingerprint density at radius 2 is 1.29 bits per heavy atom. The predicted octanol–water partition coefficient (Wildman–Crippen LogP) is 2.48. The van der Waals surface area contributed by atoms with Crippen LogP contribution in [0.25, 0.3) is 0 Å². The van der Waals surface area contributed by atoms with Crippen LogP contribution in [-0.2, 0) is 9.84 Å². The highest BCUT2D eigenvalue weighted by atomic mass is 32.2. The van der Waals surface area contributed by atoms with Crippen molar-refractivity contribution in [2.45, 2.75) is 23.3 Å². The second-order valence-corrected chi connectivity index (χ2v) is 5.16. The first kappa shape index (κ1) is 19.3. The lowest BCUT2D eigenvalue weighted by atomic mass is 10.1. The predicted molar refractivity (Wildman–Crippen MR) is 46.7 cm³/mol. The molecule has 0 aromatic heterocycles. The fraction of sp³-hybridized carbons (Fsp3) is 0.571. The first-order valence-electron chi connectivity index (χ1n) is 4.17. The van der Waals surface area contributed by atoms with Crippen LogP contribution in [0.4, 0.5) is 39.5 Å². The molecule has 0 bridgehead atoms. The van der Waals surface area contributed by atoms with Crippen molar-refractivity contribution < 1.29 is 47.9 Å². The Labute approximate surface area is 109 Å². The summed E-state index contributed by atoms with van der Waals surface area (Å²) in [5, 5.41) is 7.10. The Bertz CT molecular complexity index is 621. The van der Waals surface area contributed by atoms with Gasteiger partial charge in [-0.05, 0) is 0 Å². The molecule has 0 saturated carbocycles. The van der Waals surface area contributed by atoms with Gasteiger partial charge in [0.15, 0.2) is 0 Å². The smallest absolute Gasteiger partial charge is 0.257 e. The molecule has 0 saturated heterocycles. The molecule has 21 heavy (non-hydrogen) atoms. The minimum atomic E-state index is -7.43. The van der Waals surface area contributed by atoms with Gasteiger partial charge in [-0.3, -0.25) is 5.41 Å². The van der Waals surface area contributed by atoms with Crippen molar-refractivity contribution in [2.75, 3.05) is 0 Å². The van der Waals surface area contributed by atoms with Crippen LogP contribution in [0.2, 0.25) is 0 Å². The van der Waals surface area contributed by atoms with E-state index in [0.29, 0.717) is 5.87 Å². The highest BCUT2D eigenvalue weighted by molar-refractivity contribution is 7.96. The summed E-state index contributed by atoms with van der Waals surface area (Å²) in [6, 6.07) is 0.251. The number of nitrogens with one attached hydrogen (secondary N) is 1. The van der Waals surface area contributed by atoms with Crippen molar-refractivity contribution in [3.63, 3.8) is 0 Å². The third-order valence-electron chi connectivity index (χ3n) is 1.94. The number of alkyl halides is 9. The van der Waals surface area contributed by atoms with Crippen molar-refractivity contribution in [3.8, 4) is 6.07 Å². The average Bonchev–Trinajstić information content (AvgIpc) is 2.27. The zero-order valence-electron chi connectivity index (χ0n) is 9.07. The highest BCUT2D eigenvalue weighted by Gasteiger charge is 2.85. The van der Waals surface area contributed by atoms with Gasteiger partial charge >= 0.3 is 23.3 Å². The van der Waals surface area contributed by atoms with E-state index in [1.54, 1.807) is 0 Å². The van der Waals surface area contributed by atoms with Crippen LogP contribution in [0.1, 0.15) is 0 Å². The van der Waals surface area contributed by atoms with E-state index in [0.717, 1.165) is 0 Å². The van der Waals surface area contributed by atoms with Gasteiger partial charge in [-0.2, -0.15) is 44.8 Å². The highest BCUT2D eigenvalue weighted by Crippen LogP contribution is 2.55. The van der Waals surface area contributed by atoms with Crippen LogP contribution in [-0.4, -0.2) is 37.6 Å². The molecule has 0 aliphatic carbocycles. The number of hydrogen-bond acceptors (Lipinski definition) is 4. The lowest BCUT2D eigenvalue weighted by Gasteiger charge is -2.32. The summed E-state index contributed by atoms with van der Waals surface area (Å²) in [6.45, 7) is 0. The monoisotopic (exact) mass is 348 g/mol. The van der Waals surface area contributed by atoms with Gasteiger partial charge in [0.2, 0.25) is 4.91 Å². The second kappa shape index (κ2) is 4.92. The van der Waals surface area contributed by atoms with Gasteiger partial charge in [-0.25, -0.2) is 8.42 Å². The number of nitrogens with zero attached hydrogens (tertiary/aromatic N) is 1. The largest absolute Gasteiger partial charge is 0.460 e. The molecule has 0 spiro atoms. The molecule has 0 aliphatic heterocycles. The number of halogens is 9. The molecule has 0 amide bonds. The van der Waals surface area contributed by atoms with Gasteiger partial charge in [-0.15, -0.1) is 0 Å². The zero-order chi connectivity index (χ0) is 17.5. The Morgan fingerprint density at radius 3 is 1.52 bits per heavy atom. The van der Waals surface area contributed by atoms with Crippen LogP contribution < -0.4 is 0 Å². The minimum Gasteiger partial charge on any atom is -0.257 e. The molecule has 120 valence electrons. The summed E-state index contributed by atoms with van der Waals surface area (Å²) in [7, 11) is -7.01. The number of allylic oxidation sites excluding steroid dienone is 1. The van der Waals surface area contributed by atoms with E-state index in [-0.39, 0.29) is 6.07 Å². The maximum Gasteiger partial charge on any atom is 0.460 e. The summed E-state index contributed by atoms with van der Waals surface area (Å²) in [4.78, 5) is -2.54. The van der Waals surface area contributed by atoms with E-state index in [1.165, 1.54) is 0 Å². The summed E-state index contributed by atoms with van der Waals surface area (Å²) < 4.78 is 133. The molecule has 4 nitrogen and oxygen atoms in total. The van der Waals surface area contributed by atoms with Gasteiger partial charge in [0.25, 0.3) is 9.84 Å². The van der Waals surface area contributed by atoms with E-state index in [4.69, 9.17) is 10.7 Å². The Hall–Kier alpha value is -1.74. The van der Waals surface area contributed by atoms with E-state index in [2.05, 4.69) is 0 Å². The zero-order valence-corrected chi connectivity index (χ0v) is 9.89. The normalized spacial score (nSPS) is 14.3. The molecule has 14 heteroatoms. The molecule has 0 aliphatic rings. The van der Waals surface area contributed by atoms with E-state index < -0.39 is 38.0 Å². The van der Waals surface area contributed by atoms with Crippen molar-refractivity contribution in [1.82, 2.24) is 0 Å². The van der Waals surface area contributed by atoms with Gasteiger partial charge in [0, 0.05) is 5.87 Å². The van der Waals surface area contributed by atoms with Crippen LogP contribution in [0.3, 0.4) is 0 Å². The fourth-order valence-corrected chi connectivity index (χ4v) is 1.79. The Morgan fingerprint density at radius 1 is 0.905 bits per heavy atom. The third kappa shape index (κ3) is 2.46. The van der Waals surface area contributed by atoms with Crippen molar-refractivity contribution >= 4 is 15.7 Å². The topological polar surface area (TPSA) is 81.8 Å². The van der Waals surface area contributed by atoms with Gasteiger partial charge in [0.05, 0.1) is 0 Å². The molecule has 1 N–H and O–H groups in total. The minimum absolute atomic E-state index is 0.251. The molecule has 0 aromatic rings. The van der Waals surface area contributed by atoms with Crippen molar-refractivity contribution in [2.24, 2.45) is 0 Å². The van der Waals surface area contributed by atoms with Crippen LogP contribution in [0.5, 0.6) is 0 Å². The molecule has 0 radical (unpaired) electrons. The summed E-state index contributed by atoms with van der Waals surface area (Å²) in [6.07, 6.45) is -7.20.